The van der Waals surface area contributed by atoms with Crippen LogP contribution in [0.5, 0.6) is 5.75 Å². The molecule has 2 fully saturated rings. The van der Waals surface area contributed by atoms with Gasteiger partial charge in [0.15, 0.2) is 6.29 Å². The fourth-order valence-electron chi connectivity index (χ4n) is 3.43. The van der Waals surface area contributed by atoms with Crippen molar-refractivity contribution >= 4 is 5.69 Å². The number of aliphatic hydroxyl groups is 7. The second kappa shape index (κ2) is 10.3. The maximum Gasteiger partial charge on any atom is 0.269 e. The Hall–Kier alpha value is -1.98. The Balaban J connectivity index is 1.76. The molecule has 2 aliphatic rings. The SMILES string of the molecule is O=[N+]([O-])c1ccc(O[C@@H]2OC(CO)[C@@H](O)[C@H](O[C@@H]3OC(CO)[C@@H](O)C(O)[C@@H]3O)[C@@H]2O)cc1. The van der Waals surface area contributed by atoms with E-state index >= 15 is 0 Å². The van der Waals surface area contributed by atoms with Crippen molar-refractivity contribution in [1.29, 1.82) is 0 Å². The number of hydrogen-bond donors (Lipinski definition) is 7. The fourth-order valence-corrected chi connectivity index (χ4v) is 3.43. The molecule has 14 heteroatoms. The number of nitrogens with zero attached hydrogens (tertiary/aromatic N) is 1. The number of rotatable bonds is 7. The van der Waals surface area contributed by atoms with Gasteiger partial charge >= 0.3 is 0 Å². The molecule has 14 nitrogen and oxygen atoms in total. The van der Waals surface area contributed by atoms with Gasteiger partial charge in [-0.2, -0.15) is 0 Å². The van der Waals surface area contributed by atoms with Crippen LogP contribution in [-0.4, -0.2) is 115 Å². The number of nitro benzene ring substituents is 1. The Morgan fingerprint density at radius 1 is 0.812 bits per heavy atom. The first-order chi connectivity index (χ1) is 15.2. The molecule has 2 aliphatic heterocycles. The van der Waals surface area contributed by atoms with E-state index < -0.39 is 79.5 Å². The molecule has 2 heterocycles. The molecule has 0 saturated carbocycles. The summed E-state index contributed by atoms with van der Waals surface area (Å²) in [4.78, 5) is 10.2. The third-order valence-corrected chi connectivity index (χ3v) is 5.26. The normalized spacial score (nSPS) is 40.1. The van der Waals surface area contributed by atoms with Crippen molar-refractivity contribution in [2.75, 3.05) is 13.2 Å². The molecule has 1 aromatic carbocycles. The number of hydrogen-bond acceptors (Lipinski definition) is 13. The Bertz CT molecular complexity index is 762. The predicted molar refractivity (Wildman–Crippen MR) is 100 cm³/mol. The van der Waals surface area contributed by atoms with Crippen LogP contribution in [0.3, 0.4) is 0 Å². The van der Waals surface area contributed by atoms with E-state index in [0.717, 1.165) is 12.1 Å². The van der Waals surface area contributed by atoms with E-state index in [4.69, 9.17) is 18.9 Å². The highest BCUT2D eigenvalue weighted by atomic mass is 16.7. The zero-order valence-corrected chi connectivity index (χ0v) is 16.5. The largest absolute Gasteiger partial charge is 0.462 e. The summed E-state index contributed by atoms with van der Waals surface area (Å²) >= 11 is 0. The van der Waals surface area contributed by atoms with Crippen LogP contribution in [0.25, 0.3) is 0 Å². The lowest BCUT2D eigenvalue weighted by molar-refractivity contribution is -0.384. The van der Waals surface area contributed by atoms with E-state index in [0.29, 0.717) is 0 Å². The van der Waals surface area contributed by atoms with E-state index in [1.54, 1.807) is 0 Å². The van der Waals surface area contributed by atoms with E-state index in [1.165, 1.54) is 12.1 Å². The van der Waals surface area contributed by atoms with Gasteiger partial charge in [-0.05, 0) is 12.1 Å². The molecule has 2 saturated heterocycles. The summed E-state index contributed by atoms with van der Waals surface area (Å²) in [5, 5.41) is 80.6. The first-order valence-corrected chi connectivity index (χ1v) is 9.67. The van der Waals surface area contributed by atoms with Crippen molar-refractivity contribution in [1.82, 2.24) is 0 Å². The first-order valence-electron chi connectivity index (χ1n) is 9.67. The smallest absolute Gasteiger partial charge is 0.269 e. The zero-order chi connectivity index (χ0) is 23.6. The number of non-ortho nitro benzene ring substituents is 1. The highest BCUT2D eigenvalue weighted by molar-refractivity contribution is 5.36. The molecular weight excluding hydrogens is 438 g/mol. The highest BCUT2D eigenvalue weighted by Crippen LogP contribution is 2.30. The monoisotopic (exact) mass is 463 g/mol. The van der Waals surface area contributed by atoms with Crippen LogP contribution >= 0.6 is 0 Å². The molecule has 0 aromatic heterocycles. The molecule has 0 bridgehead atoms. The molecule has 0 aliphatic carbocycles. The fraction of sp³-hybridized carbons (Fsp3) is 0.667. The number of nitro groups is 1. The van der Waals surface area contributed by atoms with E-state index in [9.17, 15) is 45.9 Å². The van der Waals surface area contributed by atoms with E-state index in [-0.39, 0.29) is 11.4 Å². The average molecular weight is 463 g/mol. The Kier molecular flexibility index (Phi) is 7.94. The molecule has 1 aromatic rings. The minimum absolute atomic E-state index is 0.0688. The molecule has 180 valence electrons. The summed E-state index contributed by atoms with van der Waals surface area (Å²) in [6, 6.07) is 4.82. The van der Waals surface area contributed by atoms with Gasteiger partial charge in [0.2, 0.25) is 6.29 Å². The van der Waals surface area contributed by atoms with Crippen molar-refractivity contribution in [3.05, 3.63) is 34.4 Å². The number of ether oxygens (including phenoxy) is 4. The lowest BCUT2D eigenvalue weighted by atomic mass is 9.97. The van der Waals surface area contributed by atoms with Gasteiger partial charge in [-0.3, -0.25) is 10.1 Å². The Labute approximate surface area is 180 Å². The predicted octanol–water partition coefficient (Wildman–Crippen LogP) is -3.40. The standard InChI is InChI=1S/C18H25NO13/c20-5-9-11(22)13(24)14(25)17(30-9)32-16-12(23)10(6-21)31-18(15(16)26)29-8-3-1-7(2-4-8)19(27)28/h1-4,9-18,20-26H,5-6H2/t9?,10?,11-,12-,13?,14+,15+,16+,17+,18-/m1/s1. The maximum atomic E-state index is 10.8. The van der Waals surface area contributed by atoms with Crippen LogP contribution in [-0.2, 0) is 14.2 Å². The van der Waals surface area contributed by atoms with Crippen LogP contribution in [0.2, 0.25) is 0 Å². The summed E-state index contributed by atoms with van der Waals surface area (Å²) in [5.74, 6) is 0.0688. The van der Waals surface area contributed by atoms with Gasteiger partial charge in [0.1, 0.15) is 54.6 Å². The molecule has 7 N–H and O–H groups in total. The second-order valence-electron chi connectivity index (χ2n) is 7.37. The zero-order valence-electron chi connectivity index (χ0n) is 16.5. The van der Waals surface area contributed by atoms with Gasteiger partial charge in [0.25, 0.3) is 5.69 Å². The molecule has 0 radical (unpaired) electrons. The van der Waals surface area contributed by atoms with Gasteiger partial charge in [-0.1, -0.05) is 0 Å². The minimum atomic E-state index is -1.79. The maximum absolute atomic E-state index is 10.8. The summed E-state index contributed by atoms with van der Waals surface area (Å²) in [6.07, 6.45) is -15.8. The summed E-state index contributed by atoms with van der Waals surface area (Å²) < 4.78 is 21.5. The van der Waals surface area contributed by atoms with Crippen molar-refractivity contribution in [2.24, 2.45) is 0 Å². The Morgan fingerprint density at radius 3 is 1.94 bits per heavy atom. The van der Waals surface area contributed by atoms with Crippen molar-refractivity contribution in [2.45, 2.75) is 61.4 Å². The number of benzene rings is 1. The number of aliphatic hydroxyl groups excluding tert-OH is 7. The van der Waals surface area contributed by atoms with Crippen LogP contribution in [0.1, 0.15) is 0 Å². The van der Waals surface area contributed by atoms with Crippen LogP contribution in [0, 0.1) is 10.1 Å². The lowest BCUT2D eigenvalue weighted by Gasteiger charge is -2.45. The third-order valence-electron chi connectivity index (χ3n) is 5.26. The second-order valence-corrected chi connectivity index (χ2v) is 7.37. The minimum Gasteiger partial charge on any atom is -0.462 e. The topological polar surface area (TPSA) is 222 Å². The quantitative estimate of drug-likeness (QED) is 0.155. The van der Waals surface area contributed by atoms with Gasteiger partial charge in [-0.25, -0.2) is 0 Å². The van der Waals surface area contributed by atoms with Gasteiger partial charge < -0.3 is 54.7 Å². The van der Waals surface area contributed by atoms with E-state index in [2.05, 4.69) is 0 Å². The van der Waals surface area contributed by atoms with E-state index in [1.807, 2.05) is 0 Å². The van der Waals surface area contributed by atoms with Gasteiger partial charge in [-0.15, -0.1) is 0 Å². The van der Waals surface area contributed by atoms with Crippen LogP contribution in [0.15, 0.2) is 24.3 Å². The molecule has 10 atom stereocenters. The third kappa shape index (κ3) is 4.99. The van der Waals surface area contributed by atoms with Crippen LogP contribution in [0.4, 0.5) is 5.69 Å². The van der Waals surface area contributed by atoms with Crippen LogP contribution < -0.4 is 4.74 Å². The molecule has 32 heavy (non-hydrogen) atoms. The molecule has 3 unspecified atom stereocenters. The summed E-state index contributed by atoms with van der Waals surface area (Å²) in [7, 11) is 0. The molecule has 0 amide bonds. The molecule has 0 spiro atoms. The molecular formula is C18H25NO13. The molecule has 3 rings (SSSR count). The first kappa shape index (κ1) is 24.7. The average Bonchev–Trinajstić information content (AvgIpc) is 2.78. The van der Waals surface area contributed by atoms with Gasteiger partial charge in [0.05, 0.1) is 18.1 Å². The van der Waals surface area contributed by atoms with Crippen molar-refractivity contribution in [3.63, 3.8) is 0 Å². The Morgan fingerprint density at radius 2 is 1.38 bits per heavy atom. The summed E-state index contributed by atoms with van der Waals surface area (Å²) in [5.41, 5.74) is -0.199. The van der Waals surface area contributed by atoms with Crippen molar-refractivity contribution < 1.29 is 59.6 Å². The lowest BCUT2D eigenvalue weighted by Crippen LogP contribution is -2.65. The summed E-state index contributed by atoms with van der Waals surface area (Å²) in [6.45, 7) is -1.42. The van der Waals surface area contributed by atoms with Gasteiger partial charge in [0, 0.05) is 12.1 Å². The van der Waals surface area contributed by atoms with Crippen molar-refractivity contribution in [3.8, 4) is 5.75 Å². The highest BCUT2D eigenvalue weighted by Gasteiger charge is 2.51.